The van der Waals surface area contributed by atoms with Crippen LogP contribution in [0, 0.1) is 0 Å². The fraction of sp³-hybridized carbons (Fsp3) is 0.0667. The normalized spacial score (nSPS) is 10.2. The molecular weight excluding hydrogens is 304 g/mol. The van der Waals surface area contributed by atoms with Crippen molar-refractivity contribution in [2.75, 3.05) is 0 Å². The third-order valence-corrected chi connectivity index (χ3v) is 3.70. The minimum absolute atomic E-state index is 0.170. The van der Waals surface area contributed by atoms with Crippen molar-refractivity contribution < 1.29 is 0 Å². The molecule has 0 aliphatic carbocycles. The Balaban J connectivity index is 2.80. The molecule has 0 amide bonds. The number of rotatable bonds is 3. The molecule has 2 rings (SSSR count). The van der Waals surface area contributed by atoms with Crippen molar-refractivity contribution in [2.45, 2.75) is 0 Å². The summed E-state index contributed by atoms with van der Waals surface area (Å²) in [4.78, 5) is 11.9. The molecule has 1 heterocycles. The van der Waals surface area contributed by atoms with Gasteiger partial charge < -0.3 is 0 Å². The summed E-state index contributed by atoms with van der Waals surface area (Å²) in [6.07, 6.45) is 5.19. The molecule has 1 aromatic carbocycles. The van der Waals surface area contributed by atoms with Crippen LogP contribution in [-0.4, -0.2) is 9.78 Å². The van der Waals surface area contributed by atoms with Gasteiger partial charge in [-0.2, -0.15) is 5.10 Å². The summed E-state index contributed by atoms with van der Waals surface area (Å²) in [7, 11) is 1.62. The van der Waals surface area contributed by atoms with E-state index in [1.807, 2.05) is 18.2 Å². The molecule has 0 fully saturated rings. The van der Waals surface area contributed by atoms with Crippen LogP contribution >= 0.6 is 15.9 Å². The van der Waals surface area contributed by atoms with Gasteiger partial charge in [0, 0.05) is 12.6 Å². The Bertz CT molecular complexity index is 717. The third-order valence-electron chi connectivity index (χ3n) is 2.93. The number of aryl methyl sites for hydroxylation is 1. The molecule has 2 aromatic rings. The van der Waals surface area contributed by atoms with Crippen LogP contribution in [0.5, 0.6) is 0 Å². The highest BCUT2D eigenvalue weighted by Crippen LogP contribution is 2.30. The van der Waals surface area contributed by atoms with E-state index in [9.17, 15) is 4.79 Å². The van der Waals surface area contributed by atoms with E-state index in [4.69, 9.17) is 0 Å². The molecule has 3 nitrogen and oxygen atoms in total. The molecule has 0 unspecified atom stereocenters. The maximum absolute atomic E-state index is 11.9. The predicted octanol–water partition coefficient (Wildman–Crippen LogP) is 3.50. The summed E-state index contributed by atoms with van der Waals surface area (Å²) in [5.41, 5.74) is 3.40. The fourth-order valence-corrected chi connectivity index (χ4v) is 2.49. The molecule has 4 heteroatoms. The molecule has 0 saturated carbocycles. The lowest BCUT2D eigenvalue weighted by Gasteiger charge is -2.11. The molecule has 0 spiro atoms. The van der Waals surface area contributed by atoms with Crippen LogP contribution < -0.4 is 5.56 Å². The van der Waals surface area contributed by atoms with Crippen LogP contribution in [0.3, 0.4) is 0 Å². The van der Waals surface area contributed by atoms with E-state index in [0.717, 1.165) is 22.3 Å². The van der Waals surface area contributed by atoms with Gasteiger partial charge in [-0.05, 0) is 32.6 Å². The van der Waals surface area contributed by atoms with E-state index in [2.05, 4.69) is 34.2 Å². The third kappa shape index (κ3) is 2.31. The van der Waals surface area contributed by atoms with Crippen molar-refractivity contribution in [1.82, 2.24) is 9.78 Å². The van der Waals surface area contributed by atoms with Gasteiger partial charge in [0.05, 0.1) is 10.7 Å². The van der Waals surface area contributed by atoms with E-state index < -0.39 is 0 Å². The number of aromatic nitrogens is 2. The maximum atomic E-state index is 11.9. The lowest BCUT2D eigenvalue weighted by Crippen LogP contribution is -2.20. The average molecular weight is 317 g/mol. The van der Waals surface area contributed by atoms with Crippen molar-refractivity contribution in [3.63, 3.8) is 0 Å². The van der Waals surface area contributed by atoms with Gasteiger partial charge in [-0.3, -0.25) is 4.79 Å². The second-order valence-electron chi connectivity index (χ2n) is 4.02. The molecule has 0 aliphatic rings. The first kappa shape index (κ1) is 13.5. The Kier molecular flexibility index (Phi) is 3.81. The zero-order valence-corrected chi connectivity index (χ0v) is 12.1. The molecule has 0 saturated heterocycles. The molecule has 1 aromatic heterocycles. The number of benzene rings is 1. The first-order chi connectivity index (χ1) is 9.10. The summed E-state index contributed by atoms with van der Waals surface area (Å²) in [6, 6.07) is 5.81. The number of hydrogen-bond acceptors (Lipinski definition) is 2. The Morgan fingerprint density at radius 2 is 2.00 bits per heavy atom. The standard InChI is InChI=1S/C15H13BrN2O/c1-4-10-7-6-8-12(11(10)5-2)13-9-17-18(3)15(19)14(13)16/h4-9H,1-2H2,3H3. The summed E-state index contributed by atoms with van der Waals surface area (Å²) in [5.74, 6) is 0. The van der Waals surface area contributed by atoms with Crippen LogP contribution in [0.25, 0.3) is 23.3 Å². The average Bonchev–Trinajstić information content (AvgIpc) is 2.44. The van der Waals surface area contributed by atoms with Crippen molar-refractivity contribution >= 4 is 28.1 Å². The van der Waals surface area contributed by atoms with Crippen molar-refractivity contribution in [3.05, 3.63) is 63.5 Å². The fourth-order valence-electron chi connectivity index (χ4n) is 1.92. The molecule has 19 heavy (non-hydrogen) atoms. The lowest BCUT2D eigenvalue weighted by atomic mass is 9.96. The SMILES string of the molecule is C=Cc1cccc(-c2cnn(C)c(=O)c2Br)c1C=C. The summed E-state index contributed by atoms with van der Waals surface area (Å²) in [6.45, 7) is 7.62. The summed E-state index contributed by atoms with van der Waals surface area (Å²) < 4.78 is 1.78. The van der Waals surface area contributed by atoms with E-state index in [1.165, 1.54) is 4.68 Å². The number of nitrogens with zero attached hydrogens (tertiary/aromatic N) is 2. The van der Waals surface area contributed by atoms with E-state index in [-0.39, 0.29) is 5.56 Å². The largest absolute Gasteiger partial charge is 0.281 e. The van der Waals surface area contributed by atoms with E-state index >= 15 is 0 Å². The number of hydrogen-bond donors (Lipinski definition) is 0. The Labute approximate surface area is 120 Å². The van der Waals surface area contributed by atoms with E-state index in [1.54, 1.807) is 25.4 Å². The Morgan fingerprint density at radius 1 is 1.26 bits per heavy atom. The number of halogens is 1. The predicted molar refractivity (Wildman–Crippen MR) is 82.8 cm³/mol. The molecule has 96 valence electrons. The molecule has 0 N–H and O–H groups in total. The highest BCUT2D eigenvalue weighted by molar-refractivity contribution is 9.10. The Hall–Kier alpha value is -1.94. The van der Waals surface area contributed by atoms with Crippen LogP contribution in [0.2, 0.25) is 0 Å². The van der Waals surface area contributed by atoms with Gasteiger partial charge in [0.1, 0.15) is 0 Å². The zero-order chi connectivity index (χ0) is 14.0. The first-order valence-electron chi connectivity index (χ1n) is 5.70. The topological polar surface area (TPSA) is 34.9 Å². The van der Waals surface area contributed by atoms with Crippen LogP contribution in [0.15, 0.2) is 46.8 Å². The van der Waals surface area contributed by atoms with Gasteiger partial charge in [0.25, 0.3) is 5.56 Å². The minimum atomic E-state index is -0.170. The molecule has 0 bridgehead atoms. The zero-order valence-electron chi connectivity index (χ0n) is 10.6. The second kappa shape index (κ2) is 5.36. The van der Waals surface area contributed by atoms with Crippen molar-refractivity contribution in [3.8, 4) is 11.1 Å². The maximum Gasteiger partial charge on any atom is 0.281 e. The van der Waals surface area contributed by atoms with E-state index in [0.29, 0.717) is 4.47 Å². The summed E-state index contributed by atoms with van der Waals surface area (Å²) in [5, 5.41) is 4.06. The minimum Gasteiger partial charge on any atom is -0.266 e. The van der Waals surface area contributed by atoms with Gasteiger partial charge in [-0.1, -0.05) is 43.5 Å². The van der Waals surface area contributed by atoms with Gasteiger partial charge in [-0.25, -0.2) is 4.68 Å². The quantitative estimate of drug-likeness (QED) is 0.868. The lowest BCUT2D eigenvalue weighted by molar-refractivity contribution is 0.704. The smallest absolute Gasteiger partial charge is 0.266 e. The molecule has 0 aliphatic heterocycles. The van der Waals surface area contributed by atoms with Crippen molar-refractivity contribution in [1.29, 1.82) is 0 Å². The Morgan fingerprint density at radius 3 is 2.63 bits per heavy atom. The highest BCUT2D eigenvalue weighted by Gasteiger charge is 2.12. The molecule has 0 atom stereocenters. The second-order valence-corrected chi connectivity index (χ2v) is 4.81. The molecular formula is C15H13BrN2O. The van der Waals surface area contributed by atoms with Crippen LogP contribution in [0.4, 0.5) is 0 Å². The van der Waals surface area contributed by atoms with Gasteiger partial charge >= 0.3 is 0 Å². The molecule has 0 radical (unpaired) electrons. The van der Waals surface area contributed by atoms with Crippen LogP contribution in [0.1, 0.15) is 11.1 Å². The monoisotopic (exact) mass is 316 g/mol. The van der Waals surface area contributed by atoms with Gasteiger partial charge in [0.15, 0.2) is 0 Å². The van der Waals surface area contributed by atoms with Gasteiger partial charge in [-0.15, -0.1) is 0 Å². The van der Waals surface area contributed by atoms with Gasteiger partial charge in [0.2, 0.25) is 0 Å². The highest BCUT2D eigenvalue weighted by atomic mass is 79.9. The van der Waals surface area contributed by atoms with Crippen LogP contribution in [-0.2, 0) is 7.05 Å². The van der Waals surface area contributed by atoms with Crippen molar-refractivity contribution in [2.24, 2.45) is 7.05 Å². The summed E-state index contributed by atoms with van der Waals surface area (Å²) >= 11 is 3.34. The first-order valence-corrected chi connectivity index (χ1v) is 6.49.